The third-order valence-electron chi connectivity index (χ3n) is 4.63. The number of aromatic nitrogens is 4. The summed E-state index contributed by atoms with van der Waals surface area (Å²) in [7, 11) is 1.72. The Bertz CT molecular complexity index is 944. The maximum Gasteiger partial charge on any atom is 0.246 e. The molecule has 0 radical (unpaired) electrons. The summed E-state index contributed by atoms with van der Waals surface area (Å²) in [6, 6.07) is 7.84. The van der Waals surface area contributed by atoms with E-state index in [-0.39, 0.29) is 12.3 Å². The van der Waals surface area contributed by atoms with Crippen molar-refractivity contribution in [2.45, 2.75) is 45.1 Å². The zero-order valence-electron chi connectivity index (χ0n) is 15.4. The van der Waals surface area contributed by atoms with Crippen molar-refractivity contribution in [1.82, 2.24) is 25.2 Å². The van der Waals surface area contributed by atoms with Crippen molar-refractivity contribution in [2.24, 2.45) is 0 Å². The summed E-state index contributed by atoms with van der Waals surface area (Å²) >= 11 is 0. The van der Waals surface area contributed by atoms with Gasteiger partial charge in [-0.1, -0.05) is 34.6 Å². The minimum absolute atomic E-state index is 0.0446. The Morgan fingerprint density at radius 3 is 2.70 bits per heavy atom. The molecule has 3 aromatic rings. The van der Waals surface area contributed by atoms with Gasteiger partial charge in [0.15, 0.2) is 5.82 Å². The van der Waals surface area contributed by atoms with Crippen LogP contribution in [0.15, 0.2) is 33.3 Å². The number of hydrogen-bond donors (Lipinski definition) is 0. The summed E-state index contributed by atoms with van der Waals surface area (Å²) in [5.41, 5.74) is 2.00. The molecule has 0 bridgehead atoms. The van der Waals surface area contributed by atoms with E-state index in [1.54, 1.807) is 11.9 Å². The molecule has 0 spiro atoms. The fraction of sp³-hybridized carbons (Fsp3) is 0.421. The predicted molar refractivity (Wildman–Crippen MR) is 95.5 cm³/mol. The van der Waals surface area contributed by atoms with Gasteiger partial charge in [0.25, 0.3) is 0 Å². The molecule has 2 heterocycles. The molecule has 140 valence electrons. The number of benzene rings is 1. The number of carbonyl (C=O) groups is 1. The molecule has 1 aliphatic rings. The van der Waals surface area contributed by atoms with Crippen molar-refractivity contribution in [3.05, 3.63) is 47.4 Å². The molecule has 8 nitrogen and oxygen atoms in total. The van der Waals surface area contributed by atoms with Crippen LogP contribution in [0, 0.1) is 6.92 Å². The maximum atomic E-state index is 12.4. The van der Waals surface area contributed by atoms with Crippen LogP contribution in [0.25, 0.3) is 11.4 Å². The van der Waals surface area contributed by atoms with Gasteiger partial charge < -0.3 is 13.9 Å². The van der Waals surface area contributed by atoms with Gasteiger partial charge in [-0.05, 0) is 25.3 Å². The Kier molecular flexibility index (Phi) is 4.70. The summed E-state index contributed by atoms with van der Waals surface area (Å²) < 4.78 is 10.5. The molecule has 8 heteroatoms. The van der Waals surface area contributed by atoms with Crippen molar-refractivity contribution >= 4 is 5.91 Å². The molecular weight excluding hydrogens is 346 g/mol. The van der Waals surface area contributed by atoms with E-state index < -0.39 is 0 Å². The Balaban J connectivity index is 1.31. The SMILES string of the molecule is Cc1ccccc1-c1noc(CCC(=O)N(C)Cc2nc(C3CC3)no2)n1. The summed E-state index contributed by atoms with van der Waals surface area (Å²) in [4.78, 5) is 22.7. The molecular formula is C19H21N5O3. The highest BCUT2D eigenvalue weighted by Crippen LogP contribution is 2.38. The lowest BCUT2D eigenvalue weighted by Crippen LogP contribution is -2.26. The summed E-state index contributed by atoms with van der Waals surface area (Å²) in [6.45, 7) is 2.30. The van der Waals surface area contributed by atoms with E-state index in [9.17, 15) is 4.79 Å². The van der Waals surface area contributed by atoms with E-state index in [1.807, 2.05) is 31.2 Å². The summed E-state index contributed by atoms with van der Waals surface area (Å²) in [5, 5.41) is 7.98. The van der Waals surface area contributed by atoms with Gasteiger partial charge in [0.05, 0.1) is 6.54 Å². The Hall–Kier alpha value is -3.03. The van der Waals surface area contributed by atoms with Crippen LogP contribution in [-0.2, 0) is 17.8 Å². The average Bonchev–Trinajstić information content (AvgIpc) is 3.23. The Morgan fingerprint density at radius 1 is 1.15 bits per heavy atom. The van der Waals surface area contributed by atoms with Crippen molar-refractivity contribution < 1.29 is 13.8 Å². The van der Waals surface area contributed by atoms with Crippen molar-refractivity contribution in [3.63, 3.8) is 0 Å². The third-order valence-corrected chi connectivity index (χ3v) is 4.63. The normalized spacial score (nSPS) is 13.7. The first-order valence-corrected chi connectivity index (χ1v) is 9.05. The highest BCUT2D eigenvalue weighted by Gasteiger charge is 2.29. The molecule has 0 N–H and O–H groups in total. The molecule has 1 aromatic carbocycles. The molecule has 4 rings (SSSR count). The highest BCUT2D eigenvalue weighted by molar-refractivity contribution is 5.75. The van der Waals surface area contributed by atoms with Gasteiger partial charge in [-0.25, -0.2) is 0 Å². The van der Waals surface area contributed by atoms with Crippen molar-refractivity contribution in [2.75, 3.05) is 7.05 Å². The van der Waals surface area contributed by atoms with Gasteiger partial charge in [-0.3, -0.25) is 4.79 Å². The quantitative estimate of drug-likeness (QED) is 0.633. The number of rotatable bonds is 7. The fourth-order valence-corrected chi connectivity index (χ4v) is 2.83. The second-order valence-corrected chi connectivity index (χ2v) is 6.90. The van der Waals surface area contributed by atoms with Gasteiger partial charge in [0.1, 0.15) is 0 Å². The Labute approximate surface area is 156 Å². The lowest BCUT2D eigenvalue weighted by molar-refractivity contribution is -0.130. The maximum absolute atomic E-state index is 12.4. The van der Waals surface area contributed by atoms with E-state index >= 15 is 0 Å². The topological polar surface area (TPSA) is 98.2 Å². The van der Waals surface area contributed by atoms with E-state index in [0.717, 1.165) is 29.8 Å². The zero-order valence-corrected chi connectivity index (χ0v) is 15.4. The lowest BCUT2D eigenvalue weighted by atomic mass is 10.1. The first kappa shape index (κ1) is 17.4. The number of hydrogen-bond acceptors (Lipinski definition) is 7. The number of carbonyl (C=O) groups excluding carboxylic acids is 1. The second kappa shape index (κ2) is 7.30. The number of nitrogens with zero attached hydrogens (tertiary/aromatic N) is 5. The van der Waals surface area contributed by atoms with Crippen LogP contribution in [0.1, 0.15) is 48.3 Å². The first-order valence-electron chi connectivity index (χ1n) is 9.05. The van der Waals surface area contributed by atoms with Crippen LogP contribution >= 0.6 is 0 Å². The van der Waals surface area contributed by atoms with Crippen LogP contribution in [-0.4, -0.2) is 38.1 Å². The molecule has 27 heavy (non-hydrogen) atoms. The molecule has 1 saturated carbocycles. The predicted octanol–water partition coefficient (Wildman–Crippen LogP) is 2.90. The second-order valence-electron chi connectivity index (χ2n) is 6.90. The molecule has 0 aliphatic heterocycles. The van der Waals surface area contributed by atoms with E-state index in [2.05, 4.69) is 20.3 Å². The van der Waals surface area contributed by atoms with E-state index in [4.69, 9.17) is 9.05 Å². The molecule has 0 atom stereocenters. The Morgan fingerprint density at radius 2 is 1.93 bits per heavy atom. The van der Waals surface area contributed by atoms with Crippen LogP contribution in [0.4, 0.5) is 0 Å². The molecule has 1 amide bonds. The minimum Gasteiger partial charge on any atom is -0.339 e. The number of amides is 1. The fourth-order valence-electron chi connectivity index (χ4n) is 2.83. The molecule has 1 fully saturated rings. The summed E-state index contributed by atoms with van der Waals surface area (Å²) in [5.74, 6) is 2.60. The number of aryl methyl sites for hydroxylation is 2. The van der Waals surface area contributed by atoms with Gasteiger partial charge in [0.2, 0.25) is 23.5 Å². The first-order chi connectivity index (χ1) is 13.1. The molecule has 0 unspecified atom stereocenters. The largest absolute Gasteiger partial charge is 0.339 e. The van der Waals surface area contributed by atoms with E-state index in [0.29, 0.717) is 36.5 Å². The van der Waals surface area contributed by atoms with Gasteiger partial charge in [-0.2, -0.15) is 9.97 Å². The lowest BCUT2D eigenvalue weighted by Gasteiger charge is -2.13. The van der Waals surface area contributed by atoms with Gasteiger partial charge in [-0.15, -0.1) is 0 Å². The van der Waals surface area contributed by atoms with Gasteiger partial charge >= 0.3 is 0 Å². The molecule has 1 aliphatic carbocycles. The molecule has 0 saturated heterocycles. The van der Waals surface area contributed by atoms with Gasteiger partial charge in [0, 0.05) is 31.4 Å². The van der Waals surface area contributed by atoms with Crippen LogP contribution in [0.3, 0.4) is 0 Å². The standard InChI is InChI=1S/C19H21N5O3/c1-12-5-3-4-6-14(12)19-20-15(26-23-19)9-10-17(25)24(2)11-16-21-18(22-27-16)13-7-8-13/h3-6,13H,7-11H2,1-2H3. The smallest absolute Gasteiger partial charge is 0.246 e. The van der Waals surface area contributed by atoms with Crippen LogP contribution in [0.5, 0.6) is 0 Å². The third kappa shape index (κ3) is 4.05. The molecule has 2 aromatic heterocycles. The zero-order chi connectivity index (χ0) is 18.8. The van der Waals surface area contributed by atoms with Crippen molar-refractivity contribution in [3.8, 4) is 11.4 Å². The monoisotopic (exact) mass is 367 g/mol. The average molecular weight is 367 g/mol. The van der Waals surface area contributed by atoms with Crippen LogP contribution in [0.2, 0.25) is 0 Å². The highest BCUT2D eigenvalue weighted by atomic mass is 16.5. The van der Waals surface area contributed by atoms with Crippen LogP contribution < -0.4 is 0 Å². The minimum atomic E-state index is -0.0446. The van der Waals surface area contributed by atoms with Crippen molar-refractivity contribution in [1.29, 1.82) is 0 Å². The summed E-state index contributed by atoms with van der Waals surface area (Å²) in [6.07, 6.45) is 2.89. The van der Waals surface area contributed by atoms with E-state index in [1.165, 1.54) is 0 Å².